The average Bonchev–Trinajstić information content (AvgIpc) is 2.46. The molecule has 1 N–H and O–H groups in total. The van der Waals surface area contributed by atoms with Crippen LogP contribution in [0.4, 0.5) is 0 Å². The van der Waals surface area contributed by atoms with E-state index in [2.05, 4.69) is 40.3 Å². The fraction of sp³-hybridized carbons (Fsp3) is 0.625. The van der Waals surface area contributed by atoms with Crippen LogP contribution in [0, 0.1) is 0 Å². The first-order chi connectivity index (χ1) is 9.96. The van der Waals surface area contributed by atoms with E-state index in [1.54, 1.807) is 6.92 Å². The number of nitrogens with one attached hydrogen (secondary N) is 1. The van der Waals surface area contributed by atoms with Crippen LogP contribution >= 0.6 is 15.9 Å². The maximum Gasteiger partial charge on any atom is 0.150 e. The van der Waals surface area contributed by atoms with Crippen molar-refractivity contribution in [2.75, 3.05) is 18.1 Å². The molecule has 0 spiro atoms. The lowest BCUT2D eigenvalue weighted by molar-refractivity contribution is 0.472. The highest BCUT2D eigenvalue weighted by molar-refractivity contribution is 9.10. The van der Waals surface area contributed by atoms with Crippen LogP contribution in [0.2, 0.25) is 0 Å². The van der Waals surface area contributed by atoms with Gasteiger partial charge in [-0.05, 0) is 49.9 Å². The molecule has 0 saturated carbocycles. The van der Waals surface area contributed by atoms with Crippen molar-refractivity contribution in [1.82, 2.24) is 5.32 Å². The molecule has 0 bridgehead atoms. The molecular weight excluding hydrogens is 350 g/mol. The Morgan fingerprint density at radius 1 is 1.19 bits per heavy atom. The summed E-state index contributed by atoms with van der Waals surface area (Å²) < 4.78 is 24.2. The van der Waals surface area contributed by atoms with Gasteiger partial charge in [0.05, 0.1) is 5.75 Å². The van der Waals surface area contributed by atoms with E-state index in [9.17, 15) is 8.42 Å². The number of hydrogen-bond donors (Lipinski definition) is 1. The van der Waals surface area contributed by atoms with Crippen molar-refractivity contribution in [3.8, 4) is 0 Å². The highest BCUT2D eigenvalue weighted by atomic mass is 79.9. The van der Waals surface area contributed by atoms with Crippen LogP contribution in [0.25, 0.3) is 0 Å². The van der Waals surface area contributed by atoms with E-state index in [1.165, 1.54) is 5.56 Å². The van der Waals surface area contributed by atoms with Gasteiger partial charge in [-0.25, -0.2) is 8.42 Å². The molecule has 120 valence electrons. The second-order valence-electron chi connectivity index (χ2n) is 5.36. The van der Waals surface area contributed by atoms with Crippen molar-refractivity contribution in [3.63, 3.8) is 0 Å². The Balaban J connectivity index is 2.52. The summed E-state index contributed by atoms with van der Waals surface area (Å²) in [6, 6.07) is 8.68. The van der Waals surface area contributed by atoms with E-state index in [1.807, 2.05) is 12.1 Å². The van der Waals surface area contributed by atoms with Gasteiger partial charge in [0, 0.05) is 16.3 Å². The first kappa shape index (κ1) is 18.7. The molecule has 0 aliphatic heterocycles. The summed E-state index contributed by atoms with van der Waals surface area (Å²) in [6.07, 6.45) is 3.66. The third-order valence-corrected chi connectivity index (χ3v) is 5.85. The first-order valence-corrected chi connectivity index (χ1v) is 10.3. The Morgan fingerprint density at radius 3 is 2.43 bits per heavy atom. The van der Waals surface area contributed by atoms with Crippen molar-refractivity contribution in [1.29, 1.82) is 0 Å². The van der Waals surface area contributed by atoms with E-state index in [4.69, 9.17) is 0 Å². The van der Waals surface area contributed by atoms with Gasteiger partial charge in [0.1, 0.15) is 9.84 Å². The van der Waals surface area contributed by atoms with Gasteiger partial charge in [-0.2, -0.15) is 0 Å². The molecule has 0 radical (unpaired) electrons. The Kier molecular flexibility index (Phi) is 8.52. The van der Waals surface area contributed by atoms with Crippen LogP contribution in [-0.4, -0.2) is 32.5 Å². The highest BCUT2D eigenvalue weighted by Crippen LogP contribution is 2.14. The third kappa shape index (κ3) is 7.98. The van der Waals surface area contributed by atoms with E-state index < -0.39 is 9.84 Å². The molecule has 0 fully saturated rings. The molecule has 5 heteroatoms. The Morgan fingerprint density at radius 2 is 1.86 bits per heavy atom. The zero-order valence-corrected chi connectivity index (χ0v) is 15.3. The lowest BCUT2D eigenvalue weighted by Gasteiger charge is -2.18. The zero-order chi connectivity index (χ0) is 15.7. The second-order valence-corrected chi connectivity index (χ2v) is 8.75. The lowest BCUT2D eigenvalue weighted by atomic mass is 10.0. The van der Waals surface area contributed by atoms with Crippen LogP contribution in [0.5, 0.6) is 0 Å². The van der Waals surface area contributed by atoms with Crippen molar-refractivity contribution < 1.29 is 8.42 Å². The monoisotopic (exact) mass is 375 g/mol. The maximum absolute atomic E-state index is 11.6. The maximum atomic E-state index is 11.6. The van der Waals surface area contributed by atoms with E-state index in [0.717, 1.165) is 36.7 Å². The zero-order valence-electron chi connectivity index (χ0n) is 12.9. The average molecular weight is 376 g/mol. The van der Waals surface area contributed by atoms with Crippen LogP contribution in [-0.2, 0) is 16.3 Å². The van der Waals surface area contributed by atoms with Crippen LogP contribution < -0.4 is 5.32 Å². The largest absolute Gasteiger partial charge is 0.314 e. The molecule has 0 amide bonds. The van der Waals surface area contributed by atoms with Gasteiger partial charge in [-0.3, -0.25) is 0 Å². The fourth-order valence-electron chi connectivity index (χ4n) is 2.22. The van der Waals surface area contributed by atoms with Crippen LogP contribution in [0.3, 0.4) is 0 Å². The molecular formula is C16H26BrNO2S. The minimum absolute atomic E-state index is 0.243. The summed E-state index contributed by atoms with van der Waals surface area (Å²) in [6.45, 7) is 4.83. The number of hydrogen-bond acceptors (Lipinski definition) is 3. The summed E-state index contributed by atoms with van der Waals surface area (Å²) >= 11 is 3.44. The van der Waals surface area contributed by atoms with Gasteiger partial charge >= 0.3 is 0 Å². The smallest absolute Gasteiger partial charge is 0.150 e. The second kappa shape index (κ2) is 9.59. The summed E-state index contributed by atoms with van der Waals surface area (Å²) in [4.78, 5) is 0. The van der Waals surface area contributed by atoms with Gasteiger partial charge in [0.2, 0.25) is 0 Å². The quantitative estimate of drug-likeness (QED) is 0.679. The molecule has 1 atom stereocenters. The molecule has 1 aromatic carbocycles. The molecule has 0 aliphatic rings. The predicted octanol–water partition coefficient (Wildman–Crippen LogP) is 3.57. The molecule has 21 heavy (non-hydrogen) atoms. The SMILES string of the molecule is CCCNC(CCCS(=O)(=O)CC)Cc1ccc(Br)cc1. The fourth-order valence-corrected chi connectivity index (χ4v) is 3.38. The van der Waals surface area contributed by atoms with Crippen molar-refractivity contribution >= 4 is 25.8 Å². The predicted molar refractivity (Wildman–Crippen MR) is 93.5 cm³/mol. The van der Waals surface area contributed by atoms with Crippen molar-refractivity contribution in [2.24, 2.45) is 0 Å². The Hall–Kier alpha value is -0.390. The van der Waals surface area contributed by atoms with Gasteiger partial charge in [-0.1, -0.05) is 41.9 Å². The van der Waals surface area contributed by atoms with Gasteiger partial charge in [0.15, 0.2) is 0 Å². The van der Waals surface area contributed by atoms with Crippen LogP contribution in [0.1, 0.15) is 38.7 Å². The molecule has 1 rings (SSSR count). The molecule has 0 aliphatic carbocycles. The topological polar surface area (TPSA) is 46.2 Å². The van der Waals surface area contributed by atoms with Gasteiger partial charge in [0.25, 0.3) is 0 Å². The number of sulfone groups is 1. The van der Waals surface area contributed by atoms with Gasteiger partial charge in [-0.15, -0.1) is 0 Å². The summed E-state index contributed by atoms with van der Waals surface area (Å²) in [5.74, 6) is 0.543. The summed E-state index contributed by atoms with van der Waals surface area (Å²) in [5.41, 5.74) is 1.28. The van der Waals surface area contributed by atoms with Crippen LogP contribution in [0.15, 0.2) is 28.7 Å². The molecule has 1 unspecified atom stereocenters. The Labute approximate surface area is 137 Å². The standard InChI is InChI=1S/C16H26BrNO2S/c1-3-11-18-16(6-5-12-21(19,20)4-2)13-14-7-9-15(17)10-8-14/h7-10,16,18H,3-6,11-13H2,1-2H3. The molecule has 1 aromatic rings. The summed E-state index contributed by atoms with van der Waals surface area (Å²) in [7, 11) is -2.85. The minimum atomic E-state index is -2.85. The summed E-state index contributed by atoms with van der Waals surface area (Å²) in [5, 5.41) is 3.53. The molecule has 3 nitrogen and oxygen atoms in total. The van der Waals surface area contributed by atoms with E-state index in [0.29, 0.717) is 11.8 Å². The lowest BCUT2D eigenvalue weighted by Crippen LogP contribution is -2.32. The van der Waals surface area contributed by atoms with Crippen molar-refractivity contribution in [2.45, 2.75) is 45.6 Å². The molecule has 0 heterocycles. The molecule has 0 aromatic heterocycles. The normalized spacial score (nSPS) is 13.3. The Bertz CT molecular complexity index is 500. The van der Waals surface area contributed by atoms with Gasteiger partial charge < -0.3 is 5.32 Å². The number of rotatable bonds is 10. The third-order valence-electron chi connectivity index (χ3n) is 3.53. The van der Waals surface area contributed by atoms with E-state index >= 15 is 0 Å². The van der Waals surface area contributed by atoms with E-state index in [-0.39, 0.29) is 5.75 Å². The number of benzene rings is 1. The molecule has 0 saturated heterocycles. The minimum Gasteiger partial charge on any atom is -0.314 e. The number of halogens is 1. The first-order valence-electron chi connectivity index (χ1n) is 7.65. The van der Waals surface area contributed by atoms with Crippen molar-refractivity contribution in [3.05, 3.63) is 34.3 Å². The highest BCUT2D eigenvalue weighted by Gasteiger charge is 2.12.